The summed E-state index contributed by atoms with van der Waals surface area (Å²) in [5.74, 6) is 0.836. The number of likely N-dealkylation sites (tertiary alicyclic amines) is 1. The summed E-state index contributed by atoms with van der Waals surface area (Å²) >= 11 is 0. The fraction of sp³-hybridized carbons (Fsp3) is 0.556. The molecule has 5 rings (SSSR count). The van der Waals surface area contributed by atoms with Crippen LogP contribution < -0.4 is 16.2 Å². The number of amides is 2. The van der Waals surface area contributed by atoms with Crippen molar-refractivity contribution >= 4 is 11.8 Å². The molecule has 35 heavy (non-hydrogen) atoms. The number of aromatic nitrogens is 2. The number of hydrogen-bond acceptors (Lipinski definition) is 5. The van der Waals surface area contributed by atoms with Crippen LogP contribution in [0.15, 0.2) is 29.1 Å². The van der Waals surface area contributed by atoms with Gasteiger partial charge in [-0.1, -0.05) is 17.7 Å². The highest BCUT2D eigenvalue weighted by molar-refractivity contribution is 5.96. The molecule has 1 saturated heterocycles. The minimum atomic E-state index is -0.231. The lowest BCUT2D eigenvalue weighted by Gasteiger charge is -2.46. The van der Waals surface area contributed by atoms with E-state index in [0.29, 0.717) is 17.5 Å². The predicted molar refractivity (Wildman–Crippen MR) is 134 cm³/mol. The van der Waals surface area contributed by atoms with Crippen LogP contribution in [-0.4, -0.2) is 58.4 Å². The molecule has 3 N–H and O–H groups in total. The van der Waals surface area contributed by atoms with E-state index in [1.807, 2.05) is 25.1 Å². The van der Waals surface area contributed by atoms with Crippen LogP contribution >= 0.6 is 0 Å². The van der Waals surface area contributed by atoms with Gasteiger partial charge in [0.05, 0.1) is 18.3 Å². The first kappa shape index (κ1) is 23.7. The summed E-state index contributed by atoms with van der Waals surface area (Å²) in [5.41, 5.74) is 3.57. The van der Waals surface area contributed by atoms with Crippen molar-refractivity contribution in [2.45, 2.75) is 76.3 Å². The molecule has 1 aliphatic heterocycles. The number of nitrogens with one attached hydrogen (secondary N) is 3. The first-order chi connectivity index (χ1) is 17.0. The van der Waals surface area contributed by atoms with Crippen molar-refractivity contribution in [3.05, 3.63) is 62.8 Å². The van der Waals surface area contributed by atoms with Crippen molar-refractivity contribution in [3.8, 4) is 0 Å². The number of fused-ring (bicyclic) bond motifs is 1. The quantitative estimate of drug-likeness (QED) is 0.591. The lowest BCUT2D eigenvalue weighted by molar-refractivity contribution is -0.122. The summed E-state index contributed by atoms with van der Waals surface area (Å²) < 4.78 is 0. The van der Waals surface area contributed by atoms with Crippen molar-refractivity contribution < 1.29 is 9.59 Å². The number of aryl methyl sites for hydroxylation is 2. The van der Waals surface area contributed by atoms with Gasteiger partial charge in [0, 0.05) is 36.2 Å². The molecule has 0 atom stereocenters. The van der Waals surface area contributed by atoms with Crippen LogP contribution in [0, 0.1) is 6.92 Å². The minimum absolute atomic E-state index is 0.0135. The zero-order chi connectivity index (χ0) is 24.4. The van der Waals surface area contributed by atoms with Gasteiger partial charge in [-0.15, -0.1) is 0 Å². The van der Waals surface area contributed by atoms with Crippen molar-refractivity contribution in [2.75, 3.05) is 19.6 Å². The van der Waals surface area contributed by atoms with Crippen LogP contribution in [0.3, 0.4) is 0 Å². The van der Waals surface area contributed by atoms with Gasteiger partial charge in [0.1, 0.15) is 5.82 Å². The zero-order valence-corrected chi connectivity index (χ0v) is 20.4. The first-order valence-corrected chi connectivity index (χ1v) is 13.0. The second-order valence-corrected chi connectivity index (χ2v) is 10.4. The normalized spacial score (nSPS) is 22.7. The second-order valence-electron chi connectivity index (χ2n) is 10.4. The molecule has 3 aliphatic rings. The number of H-pyrrole nitrogens is 1. The largest absolute Gasteiger partial charge is 0.349 e. The Hall–Kier alpha value is -3.00. The third-order valence-electron chi connectivity index (χ3n) is 7.77. The van der Waals surface area contributed by atoms with Gasteiger partial charge in [-0.3, -0.25) is 19.3 Å². The van der Waals surface area contributed by atoms with Crippen molar-refractivity contribution in [2.24, 2.45) is 0 Å². The maximum absolute atomic E-state index is 12.5. The molecule has 186 valence electrons. The Balaban J connectivity index is 1.03. The molecule has 2 fully saturated rings. The molecular weight excluding hydrogens is 442 g/mol. The van der Waals surface area contributed by atoms with E-state index in [2.05, 4.69) is 20.5 Å². The van der Waals surface area contributed by atoms with E-state index in [1.54, 1.807) is 6.07 Å². The Morgan fingerprint density at radius 1 is 1.11 bits per heavy atom. The summed E-state index contributed by atoms with van der Waals surface area (Å²) in [6.45, 7) is 3.62. The van der Waals surface area contributed by atoms with Crippen LogP contribution in [0.4, 0.5) is 0 Å². The van der Waals surface area contributed by atoms with Gasteiger partial charge in [0.15, 0.2) is 0 Å². The summed E-state index contributed by atoms with van der Waals surface area (Å²) in [6.07, 6.45) is 8.23. The van der Waals surface area contributed by atoms with Crippen LogP contribution in [0.25, 0.3) is 0 Å². The molecule has 2 amide bonds. The van der Waals surface area contributed by atoms with Gasteiger partial charge >= 0.3 is 0 Å². The van der Waals surface area contributed by atoms with Gasteiger partial charge in [0.25, 0.3) is 11.5 Å². The standard InChI is InChI=1S/C27H35N5O3/c1-17-5-4-6-19(13-17)26(34)28-14-24(33)29-20-15-32(16-20)21-11-9-18(10-12-21)25-30-23-8-3-2-7-22(23)27(35)31-25/h4-6,13,18,20-21H,2-3,7-12,14-16H2,1H3,(H,28,34)(H,29,33)(H,30,31,35)/t18-,21+. The SMILES string of the molecule is Cc1cccc(C(=O)NCC(=O)NC2CN([C@H]3CC[C@@H](c4nc5c(c(=O)[nH]4)CCCC5)CC3)C2)c1. The van der Waals surface area contributed by atoms with E-state index in [0.717, 1.165) is 87.1 Å². The molecule has 2 aliphatic carbocycles. The highest BCUT2D eigenvalue weighted by atomic mass is 16.2. The number of hydrogen-bond donors (Lipinski definition) is 3. The van der Waals surface area contributed by atoms with Gasteiger partial charge < -0.3 is 15.6 Å². The van der Waals surface area contributed by atoms with Gasteiger partial charge in [-0.2, -0.15) is 0 Å². The van der Waals surface area contributed by atoms with Crippen LogP contribution in [0.5, 0.6) is 0 Å². The summed E-state index contributed by atoms with van der Waals surface area (Å²) in [5, 5.41) is 5.73. The van der Waals surface area contributed by atoms with Gasteiger partial charge in [-0.25, -0.2) is 4.98 Å². The molecule has 0 spiro atoms. The zero-order valence-electron chi connectivity index (χ0n) is 20.4. The van der Waals surface area contributed by atoms with Crippen LogP contribution in [-0.2, 0) is 17.6 Å². The average Bonchev–Trinajstić information content (AvgIpc) is 2.84. The van der Waals surface area contributed by atoms with Crippen molar-refractivity contribution in [1.82, 2.24) is 25.5 Å². The van der Waals surface area contributed by atoms with Gasteiger partial charge in [-0.05, 0) is 70.4 Å². The van der Waals surface area contributed by atoms with Crippen molar-refractivity contribution in [1.29, 1.82) is 0 Å². The third kappa shape index (κ3) is 5.48. The molecule has 2 heterocycles. The Labute approximate surface area is 205 Å². The Bertz CT molecular complexity index is 1150. The Morgan fingerprint density at radius 2 is 1.89 bits per heavy atom. The maximum atomic E-state index is 12.5. The summed E-state index contributed by atoms with van der Waals surface area (Å²) in [4.78, 5) is 47.4. The number of carbonyl (C=O) groups excluding carboxylic acids is 2. The Kier molecular flexibility index (Phi) is 7.00. The highest BCUT2D eigenvalue weighted by Gasteiger charge is 2.36. The smallest absolute Gasteiger partial charge is 0.254 e. The number of benzene rings is 1. The number of carbonyl (C=O) groups is 2. The summed E-state index contributed by atoms with van der Waals surface area (Å²) in [6, 6.07) is 7.98. The predicted octanol–water partition coefficient (Wildman–Crippen LogP) is 2.21. The monoisotopic (exact) mass is 477 g/mol. The molecule has 0 radical (unpaired) electrons. The van der Waals surface area contributed by atoms with Crippen LogP contribution in [0.1, 0.15) is 77.4 Å². The van der Waals surface area contributed by atoms with Crippen LogP contribution in [0.2, 0.25) is 0 Å². The lowest BCUT2D eigenvalue weighted by atomic mass is 9.83. The topological polar surface area (TPSA) is 107 Å². The number of nitrogens with zero attached hydrogens (tertiary/aromatic N) is 2. The molecule has 0 unspecified atom stereocenters. The highest BCUT2D eigenvalue weighted by Crippen LogP contribution is 2.35. The number of aromatic amines is 1. The lowest BCUT2D eigenvalue weighted by Crippen LogP contribution is -2.63. The fourth-order valence-corrected chi connectivity index (χ4v) is 5.76. The van der Waals surface area contributed by atoms with E-state index in [9.17, 15) is 14.4 Å². The number of rotatable bonds is 6. The molecule has 0 bridgehead atoms. The van der Waals surface area contributed by atoms with E-state index in [1.165, 1.54) is 0 Å². The van der Waals surface area contributed by atoms with Gasteiger partial charge in [0.2, 0.25) is 5.91 Å². The third-order valence-corrected chi connectivity index (χ3v) is 7.77. The molecule has 1 aromatic heterocycles. The second kappa shape index (κ2) is 10.3. The Morgan fingerprint density at radius 3 is 2.66 bits per heavy atom. The maximum Gasteiger partial charge on any atom is 0.254 e. The van der Waals surface area contributed by atoms with E-state index in [4.69, 9.17) is 4.98 Å². The molecule has 2 aromatic rings. The molecular formula is C27H35N5O3. The van der Waals surface area contributed by atoms with E-state index >= 15 is 0 Å². The van der Waals surface area contributed by atoms with E-state index < -0.39 is 0 Å². The summed E-state index contributed by atoms with van der Waals surface area (Å²) in [7, 11) is 0. The van der Waals surface area contributed by atoms with E-state index in [-0.39, 0.29) is 30.0 Å². The molecule has 1 saturated carbocycles. The first-order valence-electron chi connectivity index (χ1n) is 13.0. The fourth-order valence-electron chi connectivity index (χ4n) is 5.76. The van der Waals surface area contributed by atoms with Crippen molar-refractivity contribution in [3.63, 3.8) is 0 Å². The minimum Gasteiger partial charge on any atom is -0.349 e. The molecule has 8 nitrogen and oxygen atoms in total. The average molecular weight is 478 g/mol. The molecule has 1 aromatic carbocycles. The molecule has 8 heteroatoms.